The van der Waals surface area contributed by atoms with Gasteiger partial charge in [0.2, 0.25) is 10.0 Å². The molecule has 1 N–H and O–H groups in total. The number of hydrogen-bond acceptors (Lipinski definition) is 6. The zero-order valence-electron chi connectivity index (χ0n) is 13.1. The second-order valence-corrected chi connectivity index (χ2v) is 8.36. The predicted octanol–water partition coefficient (Wildman–Crippen LogP) is 1.59. The molecule has 7 nitrogen and oxygen atoms in total. The SMILES string of the molecule is Cc1nc(CCNS(C)(=O)=O)n(-c2ccc3nc(C)sc3c2)n1. The Balaban J connectivity index is 1.91. The molecule has 0 aliphatic rings. The van der Waals surface area contributed by atoms with Gasteiger partial charge in [-0.15, -0.1) is 11.3 Å². The molecule has 2 heterocycles. The van der Waals surface area contributed by atoms with E-state index in [-0.39, 0.29) is 0 Å². The van der Waals surface area contributed by atoms with E-state index in [1.54, 1.807) is 16.0 Å². The lowest BCUT2D eigenvalue weighted by atomic mass is 10.3. The molecular formula is C14H17N5O2S2. The number of hydrogen-bond donors (Lipinski definition) is 1. The first-order chi connectivity index (χ1) is 10.8. The van der Waals surface area contributed by atoms with E-state index in [9.17, 15) is 8.42 Å². The molecule has 0 amide bonds. The number of thiazole rings is 1. The van der Waals surface area contributed by atoms with Crippen molar-refractivity contribution in [1.82, 2.24) is 24.5 Å². The number of benzene rings is 1. The van der Waals surface area contributed by atoms with Crippen LogP contribution in [-0.4, -0.2) is 41.0 Å². The zero-order chi connectivity index (χ0) is 16.6. The summed E-state index contributed by atoms with van der Waals surface area (Å²) in [5, 5.41) is 5.44. The average molecular weight is 351 g/mol. The molecule has 0 saturated heterocycles. The smallest absolute Gasteiger partial charge is 0.208 e. The normalized spacial score (nSPS) is 12.1. The molecule has 1 aromatic carbocycles. The summed E-state index contributed by atoms with van der Waals surface area (Å²) in [6.07, 6.45) is 1.61. The molecule has 0 spiro atoms. The molecule has 9 heteroatoms. The van der Waals surface area contributed by atoms with Crippen molar-refractivity contribution in [3.8, 4) is 5.69 Å². The molecule has 0 saturated carbocycles. The van der Waals surface area contributed by atoms with Gasteiger partial charge >= 0.3 is 0 Å². The minimum absolute atomic E-state index is 0.291. The van der Waals surface area contributed by atoms with Crippen LogP contribution in [0.15, 0.2) is 18.2 Å². The van der Waals surface area contributed by atoms with Crippen molar-refractivity contribution in [2.75, 3.05) is 12.8 Å². The van der Waals surface area contributed by atoms with E-state index < -0.39 is 10.0 Å². The van der Waals surface area contributed by atoms with E-state index in [2.05, 4.69) is 19.8 Å². The fourth-order valence-electron chi connectivity index (χ4n) is 2.34. The van der Waals surface area contributed by atoms with Gasteiger partial charge in [-0.1, -0.05) is 0 Å². The van der Waals surface area contributed by atoms with Crippen molar-refractivity contribution >= 4 is 31.6 Å². The van der Waals surface area contributed by atoms with Crippen LogP contribution in [0.5, 0.6) is 0 Å². The van der Waals surface area contributed by atoms with Gasteiger partial charge in [-0.25, -0.2) is 27.8 Å². The number of fused-ring (bicyclic) bond motifs is 1. The van der Waals surface area contributed by atoms with E-state index in [0.717, 1.165) is 33.0 Å². The van der Waals surface area contributed by atoms with Crippen molar-refractivity contribution in [2.45, 2.75) is 20.3 Å². The van der Waals surface area contributed by atoms with Crippen LogP contribution in [0.1, 0.15) is 16.7 Å². The summed E-state index contributed by atoms with van der Waals surface area (Å²) in [5.41, 5.74) is 1.87. The van der Waals surface area contributed by atoms with Crippen LogP contribution in [0, 0.1) is 13.8 Å². The minimum atomic E-state index is -3.21. The largest absolute Gasteiger partial charge is 0.242 e. The number of aryl methyl sites for hydroxylation is 2. The third kappa shape index (κ3) is 3.74. The van der Waals surface area contributed by atoms with Crippen molar-refractivity contribution in [3.63, 3.8) is 0 Å². The maximum atomic E-state index is 11.2. The zero-order valence-corrected chi connectivity index (χ0v) is 14.7. The Labute approximate surface area is 138 Å². The number of nitrogens with one attached hydrogen (secondary N) is 1. The van der Waals surface area contributed by atoms with Crippen molar-refractivity contribution in [2.24, 2.45) is 0 Å². The van der Waals surface area contributed by atoms with Crippen LogP contribution in [-0.2, 0) is 16.4 Å². The Morgan fingerprint density at radius 1 is 1.26 bits per heavy atom. The summed E-state index contributed by atoms with van der Waals surface area (Å²) in [4.78, 5) is 8.85. The Morgan fingerprint density at radius 2 is 2.04 bits per heavy atom. The highest BCUT2D eigenvalue weighted by Crippen LogP contribution is 2.24. The van der Waals surface area contributed by atoms with Gasteiger partial charge in [0.15, 0.2) is 0 Å². The highest BCUT2D eigenvalue weighted by molar-refractivity contribution is 7.88. The summed E-state index contributed by atoms with van der Waals surface area (Å²) in [6, 6.07) is 5.94. The summed E-state index contributed by atoms with van der Waals surface area (Å²) < 4.78 is 27.7. The Hall–Kier alpha value is -1.84. The molecule has 0 radical (unpaired) electrons. The molecule has 0 aliphatic carbocycles. The highest BCUT2D eigenvalue weighted by atomic mass is 32.2. The molecule has 0 unspecified atom stereocenters. The molecular weight excluding hydrogens is 334 g/mol. The highest BCUT2D eigenvalue weighted by Gasteiger charge is 2.12. The van der Waals surface area contributed by atoms with Gasteiger partial charge in [0.1, 0.15) is 11.6 Å². The second-order valence-electron chi connectivity index (χ2n) is 5.29. The van der Waals surface area contributed by atoms with Gasteiger partial charge in [0.05, 0.1) is 27.2 Å². The molecule has 2 aromatic heterocycles. The predicted molar refractivity (Wildman–Crippen MR) is 90.6 cm³/mol. The number of rotatable bonds is 5. The van der Waals surface area contributed by atoms with E-state index >= 15 is 0 Å². The van der Waals surface area contributed by atoms with Gasteiger partial charge in [0.25, 0.3) is 0 Å². The van der Waals surface area contributed by atoms with Crippen molar-refractivity contribution in [3.05, 3.63) is 34.9 Å². The molecule has 0 bridgehead atoms. The van der Waals surface area contributed by atoms with E-state index in [1.165, 1.54) is 0 Å². The van der Waals surface area contributed by atoms with Crippen LogP contribution in [0.2, 0.25) is 0 Å². The van der Waals surface area contributed by atoms with Crippen LogP contribution < -0.4 is 4.72 Å². The second kappa shape index (κ2) is 5.99. The number of aromatic nitrogens is 4. The lowest BCUT2D eigenvalue weighted by Crippen LogP contribution is -2.25. The quantitative estimate of drug-likeness (QED) is 0.754. The summed E-state index contributed by atoms with van der Waals surface area (Å²) >= 11 is 1.63. The molecule has 23 heavy (non-hydrogen) atoms. The van der Waals surface area contributed by atoms with Crippen LogP contribution in [0.4, 0.5) is 0 Å². The average Bonchev–Trinajstić information content (AvgIpc) is 2.98. The van der Waals surface area contributed by atoms with E-state index in [0.29, 0.717) is 18.8 Å². The molecule has 0 aliphatic heterocycles. The topological polar surface area (TPSA) is 89.8 Å². The van der Waals surface area contributed by atoms with Gasteiger partial charge in [-0.05, 0) is 32.0 Å². The molecule has 0 fully saturated rings. The third-order valence-corrected chi connectivity index (χ3v) is 4.88. The number of sulfonamides is 1. The fourth-order valence-corrected chi connectivity index (χ4v) is 3.67. The molecule has 122 valence electrons. The lowest BCUT2D eigenvalue weighted by molar-refractivity contribution is 0.586. The first-order valence-electron chi connectivity index (χ1n) is 7.06. The first-order valence-corrected chi connectivity index (χ1v) is 9.77. The van der Waals surface area contributed by atoms with Crippen LogP contribution in [0.25, 0.3) is 15.9 Å². The Morgan fingerprint density at radius 3 is 2.78 bits per heavy atom. The third-order valence-electron chi connectivity index (χ3n) is 3.22. The van der Waals surface area contributed by atoms with Gasteiger partial charge in [0, 0.05) is 13.0 Å². The molecule has 3 aromatic rings. The van der Waals surface area contributed by atoms with Crippen molar-refractivity contribution in [1.29, 1.82) is 0 Å². The summed E-state index contributed by atoms with van der Waals surface area (Å²) in [6.45, 7) is 4.09. The van der Waals surface area contributed by atoms with Crippen LogP contribution >= 0.6 is 11.3 Å². The lowest BCUT2D eigenvalue weighted by Gasteiger charge is -2.06. The van der Waals surface area contributed by atoms with E-state index in [4.69, 9.17) is 0 Å². The summed E-state index contributed by atoms with van der Waals surface area (Å²) in [5.74, 6) is 1.37. The molecule has 3 rings (SSSR count). The maximum absolute atomic E-state index is 11.2. The fraction of sp³-hybridized carbons (Fsp3) is 0.357. The monoisotopic (exact) mass is 351 g/mol. The maximum Gasteiger partial charge on any atom is 0.208 e. The van der Waals surface area contributed by atoms with E-state index in [1.807, 2.05) is 32.0 Å². The first kappa shape index (κ1) is 16.0. The van der Waals surface area contributed by atoms with Gasteiger partial charge in [-0.3, -0.25) is 0 Å². The molecule has 0 atom stereocenters. The van der Waals surface area contributed by atoms with Gasteiger partial charge in [-0.2, -0.15) is 5.10 Å². The Kier molecular flexibility index (Phi) is 4.17. The van der Waals surface area contributed by atoms with Crippen LogP contribution in [0.3, 0.4) is 0 Å². The summed E-state index contributed by atoms with van der Waals surface area (Å²) in [7, 11) is -3.21. The standard InChI is InChI=1S/C14H17N5O2S2/c1-9-16-14(6-7-15-23(3,20)21)19(18-9)11-4-5-12-13(8-11)22-10(2)17-12/h4-5,8,15H,6-7H2,1-3H3. The Bertz CT molecular complexity index is 959. The van der Waals surface area contributed by atoms with Crippen molar-refractivity contribution < 1.29 is 8.42 Å². The van der Waals surface area contributed by atoms with Gasteiger partial charge < -0.3 is 0 Å². The number of nitrogens with zero attached hydrogens (tertiary/aromatic N) is 4. The minimum Gasteiger partial charge on any atom is -0.242 e.